The SMILES string of the molecule is CCOc1ccccc1NC1CCOC2(CCOCC2)C1. The van der Waals surface area contributed by atoms with Crippen molar-refractivity contribution in [2.24, 2.45) is 0 Å². The molecular formula is C17H25NO3. The fourth-order valence-electron chi connectivity index (χ4n) is 3.33. The van der Waals surface area contributed by atoms with Crippen LogP contribution in [0.5, 0.6) is 5.75 Å². The Bertz CT molecular complexity index is 452. The molecule has 4 heteroatoms. The molecule has 0 radical (unpaired) electrons. The largest absolute Gasteiger partial charge is 0.492 e. The van der Waals surface area contributed by atoms with E-state index in [1.54, 1.807) is 0 Å². The first-order valence-electron chi connectivity index (χ1n) is 8.01. The summed E-state index contributed by atoms with van der Waals surface area (Å²) in [6.07, 6.45) is 4.12. The molecule has 3 rings (SSSR count). The summed E-state index contributed by atoms with van der Waals surface area (Å²) < 4.78 is 17.3. The van der Waals surface area contributed by atoms with Gasteiger partial charge in [-0.3, -0.25) is 0 Å². The Morgan fingerprint density at radius 2 is 2.05 bits per heavy atom. The third-order valence-corrected chi connectivity index (χ3v) is 4.44. The van der Waals surface area contributed by atoms with Crippen molar-refractivity contribution in [3.05, 3.63) is 24.3 Å². The minimum Gasteiger partial charge on any atom is -0.492 e. The monoisotopic (exact) mass is 291 g/mol. The number of hydrogen-bond acceptors (Lipinski definition) is 4. The number of nitrogens with one attached hydrogen (secondary N) is 1. The molecule has 1 N–H and O–H groups in total. The average molecular weight is 291 g/mol. The lowest BCUT2D eigenvalue weighted by Gasteiger charge is -2.43. The molecule has 0 aliphatic carbocycles. The van der Waals surface area contributed by atoms with E-state index in [1.165, 1.54) is 0 Å². The van der Waals surface area contributed by atoms with E-state index in [0.29, 0.717) is 12.6 Å². The van der Waals surface area contributed by atoms with E-state index in [1.807, 2.05) is 25.1 Å². The molecule has 2 fully saturated rings. The molecule has 1 aromatic carbocycles. The molecular weight excluding hydrogens is 266 g/mol. The summed E-state index contributed by atoms with van der Waals surface area (Å²) in [4.78, 5) is 0. The number of rotatable bonds is 4. The zero-order valence-electron chi connectivity index (χ0n) is 12.8. The zero-order chi connectivity index (χ0) is 14.5. The zero-order valence-corrected chi connectivity index (χ0v) is 12.8. The molecule has 2 heterocycles. The van der Waals surface area contributed by atoms with E-state index in [4.69, 9.17) is 14.2 Å². The predicted octanol–water partition coefficient (Wildman–Crippen LogP) is 3.23. The second-order valence-electron chi connectivity index (χ2n) is 5.91. The third-order valence-electron chi connectivity index (χ3n) is 4.44. The maximum Gasteiger partial charge on any atom is 0.142 e. The van der Waals surface area contributed by atoms with Gasteiger partial charge in [0, 0.05) is 25.9 Å². The molecule has 116 valence electrons. The molecule has 1 aromatic rings. The summed E-state index contributed by atoms with van der Waals surface area (Å²) in [5.41, 5.74) is 1.11. The van der Waals surface area contributed by atoms with Gasteiger partial charge in [-0.2, -0.15) is 0 Å². The van der Waals surface area contributed by atoms with Crippen molar-refractivity contribution in [2.45, 2.75) is 44.2 Å². The van der Waals surface area contributed by atoms with Crippen LogP contribution in [0.25, 0.3) is 0 Å². The van der Waals surface area contributed by atoms with Gasteiger partial charge in [-0.1, -0.05) is 12.1 Å². The molecule has 2 aliphatic rings. The van der Waals surface area contributed by atoms with Crippen molar-refractivity contribution in [1.29, 1.82) is 0 Å². The van der Waals surface area contributed by atoms with Gasteiger partial charge in [-0.15, -0.1) is 0 Å². The molecule has 1 atom stereocenters. The highest BCUT2D eigenvalue weighted by molar-refractivity contribution is 5.56. The molecule has 0 amide bonds. The highest BCUT2D eigenvalue weighted by Gasteiger charge is 2.39. The van der Waals surface area contributed by atoms with Crippen molar-refractivity contribution in [2.75, 3.05) is 31.7 Å². The van der Waals surface area contributed by atoms with E-state index in [2.05, 4.69) is 11.4 Å². The van der Waals surface area contributed by atoms with Gasteiger partial charge < -0.3 is 19.5 Å². The molecule has 0 bridgehead atoms. The minimum atomic E-state index is 0.0225. The van der Waals surface area contributed by atoms with Crippen LogP contribution in [0.3, 0.4) is 0 Å². The molecule has 2 aliphatic heterocycles. The number of anilines is 1. The van der Waals surface area contributed by atoms with Crippen LogP contribution in [-0.2, 0) is 9.47 Å². The Balaban J connectivity index is 1.67. The highest BCUT2D eigenvalue weighted by Crippen LogP contribution is 2.36. The first-order valence-corrected chi connectivity index (χ1v) is 8.01. The van der Waals surface area contributed by atoms with E-state index >= 15 is 0 Å². The van der Waals surface area contributed by atoms with Crippen molar-refractivity contribution in [1.82, 2.24) is 0 Å². The smallest absolute Gasteiger partial charge is 0.142 e. The Hall–Kier alpha value is -1.26. The lowest BCUT2D eigenvalue weighted by Crippen LogP contribution is -2.47. The highest BCUT2D eigenvalue weighted by atomic mass is 16.5. The van der Waals surface area contributed by atoms with Gasteiger partial charge >= 0.3 is 0 Å². The van der Waals surface area contributed by atoms with Crippen LogP contribution in [-0.4, -0.2) is 38.1 Å². The van der Waals surface area contributed by atoms with E-state index in [0.717, 1.165) is 56.9 Å². The van der Waals surface area contributed by atoms with Crippen molar-refractivity contribution >= 4 is 5.69 Å². The van der Waals surface area contributed by atoms with Crippen molar-refractivity contribution in [3.8, 4) is 5.75 Å². The van der Waals surface area contributed by atoms with E-state index < -0.39 is 0 Å². The Morgan fingerprint density at radius 3 is 2.86 bits per heavy atom. The number of hydrogen-bond donors (Lipinski definition) is 1. The van der Waals surface area contributed by atoms with Crippen LogP contribution in [0.15, 0.2) is 24.3 Å². The summed E-state index contributed by atoms with van der Waals surface area (Å²) in [6, 6.07) is 8.62. The van der Waals surface area contributed by atoms with Gasteiger partial charge in [0.05, 0.1) is 17.9 Å². The van der Waals surface area contributed by atoms with Crippen LogP contribution < -0.4 is 10.1 Å². The molecule has 1 spiro atoms. The van der Waals surface area contributed by atoms with Gasteiger partial charge in [0.1, 0.15) is 5.75 Å². The summed E-state index contributed by atoms with van der Waals surface area (Å²) in [7, 11) is 0. The summed E-state index contributed by atoms with van der Waals surface area (Å²) in [6.45, 7) is 5.18. The van der Waals surface area contributed by atoms with E-state index in [-0.39, 0.29) is 5.60 Å². The van der Waals surface area contributed by atoms with Gasteiger partial charge in [0.25, 0.3) is 0 Å². The van der Waals surface area contributed by atoms with Crippen LogP contribution in [0.4, 0.5) is 5.69 Å². The van der Waals surface area contributed by atoms with Crippen molar-refractivity contribution in [3.63, 3.8) is 0 Å². The molecule has 21 heavy (non-hydrogen) atoms. The van der Waals surface area contributed by atoms with Gasteiger partial charge in [-0.05, 0) is 44.7 Å². The molecule has 1 unspecified atom stereocenters. The Labute approximate surface area is 126 Å². The van der Waals surface area contributed by atoms with E-state index in [9.17, 15) is 0 Å². The first-order chi connectivity index (χ1) is 10.3. The molecule has 0 saturated carbocycles. The van der Waals surface area contributed by atoms with Crippen LogP contribution in [0.2, 0.25) is 0 Å². The number of ether oxygens (including phenoxy) is 3. The second-order valence-corrected chi connectivity index (χ2v) is 5.91. The van der Waals surface area contributed by atoms with Crippen LogP contribution >= 0.6 is 0 Å². The minimum absolute atomic E-state index is 0.0225. The normalized spacial score (nSPS) is 24.7. The average Bonchev–Trinajstić information content (AvgIpc) is 2.50. The summed E-state index contributed by atoms with van der Waals surface area (Å²) >= 11 is 0. The maximum atomic E-state index is 6.10. The fraction of sp³-hybridized carbons (Fsp3) is 0.647. The van der Waals surface area contributed by atoms with Gasteiger partial charge in [0.2, 0.25) is 0 Å². The lowest BCUT2D eigenvalue weighted by atomic mass is 9.84. The molecule has 2 saturated heterocycles. The quantitative estimate of drug-likeness (QED) is 0.924. The topological polar surface area (TPSA) is 39.7 Å². The number of benzene rings is 1. The predicted molar refractivity (Wildman–Crippen MR) is 83.0 cm³/mol. The standard InChI is InChI=1S/C17H25NO3/c1-2-20-16-6-4-3-5-15(16)18-14-7-10-21-17(13-14)8-11-19-12-9-17/h3-6,14,18H,2,7-13H2,1H3. The Morgan fingerprint density at radius 1 is 1.24 bits per heavy atom. The van der Waals surface area contributed by atoms with Crippen LogP contribution in [0.1, 0.15) is 32.6 Å². The summed E-state index contributed by atoms with van der Waals surface area (Å²) in [5.74, 6) is 0.938. The second kappa shape index (κ2) is 6.67. The number of para-hydroxylation sites is 2. The van der Waals surface area contributed by atoms with Gasteiger partial charge in [0.15, 0.2) is 0 Å². The first kappa shape index (κ1) is 14.7. The molecule has 4 nitrogen and oxygen atoms in total. The lowest BCUT2D eigenvalue weighted by molar-refractivity contribution is -0.135. The molecule has 0 aromatic heterocycles. The van der Waals surface area contributed by atoms with Crippen molar-refractivity contribution < 1.29 is 14.2 Å². The summed E-state index contributed by atoms with van der Waals surface area (Å²) in [5, 5.41) is 3.66. The third kappa shape index (κ3) is 3.50. The van der Waals surface area contributed by atoms with Crippen LogP contribution in [0, 0.1) is 0 Å². The fourth-order valence-corrected chi connectivity index (χ4v) is 3.33. The maximum absolute atomic E-state index is 6.10. The van der Waals surface area contributed by atoms with Gasteiger partial charge in [-0.25, -0.2) is 0 Å². The Kier molecular flexibility index (Phi) is 4.66.